The van der Waals surface area contributed by atoms with E-state index in [0.717, 1.165) is 44.3 Å². The third kappa shape index (κ3) is 2.17. The maximum atomic E-state index is 12.4. The zero-order chi connectivity index (χ0) is 17.1. The molecule has 3 aliphatic carbocycles. The molecule has 3 heteroatoms. The van der Waals surface area contributed by atoms with Gasteiger partial charge in [0.05, 0.1) is 0 Å². The highest BCUT2D eigenvalue weighted by atomic mass is 16.5. The summed E-state index contributed by atoms with van der Waals surface area (Å²) >= 11 is 0. The van der Waals surface area contributed by atoms with Crippen LogP contribution in [-0.2, 0) is 16.0 Å². The van der Waals surface area contributed by atoms with Gasteiger partial charge in [-0.2, -0.15) is 0 Å². The Labute approximate surface area is 143 Å². The van der Waals surface area contributed by atoms with Crippen molar-refractivity contribution < 1.29 is 14.3 Å². The maximum Gasteiger partial charge on any atom is 0.308 e. The van der Waals surface area contributed by atoms with Gasteiger partial charge in [-0.3, -0.25) is 9.59 Å². The van der Waals surface area contributed by atoms with Crippen LogP contribution in [0.3, 0.4) is 0 Å². The van der Waals surface area contributed by atoms with Gasteiger partial charge in [0.25, 0.3) is 0 Å². The highest BCUT2D eigenvalue weighted by Crippen LogP contribution is 2.60. The van der Waals surface area contributed by atoms with Gasteiger partial charge in [0.15, 0.2) is 0 Å². The summed E-state index contributed by atoms with van der Waals surface area (Å²) in [5, 5.41) is 0. The number of aryl methyl sites for hydroxylation is 1. The second-order valence-corrected chi connectivity index (χ2v) is 8.20. The molecule has 0 spiro atoms. The van der Waals surface area contributed by atoms with Gasteiger partial charge < -0.3 is 4.74 Å². The summed E-state index contributed by atoms with van der Waals surface area (Å²) in [6.45, 7) is 5.82. The lowest BCUT2D eigenvalue weighted by atomic mass is 9.55. The van der Waals surface area contributed by atoms with Crippen molar-refractivity contribution in [1.29, 1.82) is 0 Å². The Kier molecular flexibility index (Phi) is 3.59. The lowest BCUT2D eigenvalue weighted by Gasteiger charge is -2.48. The van der Waals surface area contributed by atoms with E-state index in [1.165, 1.54) is 23.6 Å². The number of carbonyl (C=O) groups is 2. The minimum absolute atomic E-state index is 0.107. The van der Waals surface area contributed by atoms with E-state index in [1.54, 1.807) is 0 Å². The van der Waals surface area contributed by atoms with Crippen LogP contribution in [-0.4, -0.2) is 11.8 Å². The van der Waals surface area contributed by atoms with Crippen LogP contribution in [0.4, 0.5) is 0 Å². The maximum absolute atomic E-state index is 12.4. The SMILES string of the molecule is CC(=O)Oc1ccc(C)c2c1[C@H]1CC[C@@]3(C)C(=O)CC[C@@H]3[C@H]1CC2. The van der Waals surface area contributed by atoms with Crippen molar-refractivity contribution in [2.24, 2.45) is 17.3 Å². The molecular weight excluding hydrogens is 300 g/mol. The van der Waals surface area contributed by atoms with Gasteiger partial charge in [-0.25, -0.2) is 0 Å². The molecule has 1 aromatic carbocycles. The number of fused-ring (bicyclic) bond motifs is 5. The minimum atomic E-state index is -0.250. The van der Waals surface area contributed by atoms with Crippen molar-refractivity contribution in [3.63, 3.8) is 0 Å². The summed E-state index contributed by atoms with van der Waals surface area (Å²) in [4.78, 5) is 24.0. The number of Topliss-reactive ketones (excluding diaryl/α,β-unsaturated/α-hetero) is 1. The monoisotopic (exact) mass is 326 g/mol. The molecule has 4 atom stereocenters. The topological polar surface area (TPSA) is 43.4 Å². The Hall–Kier alpha value is -1.64. The third-order valence-corrected chi connectivity index (χ3v) is 7.05. The molecule has 0 bridgehead atoms. The lowest BCUT2D eigenvalue weighted by Crippen LogP contribution is -2.42. The molecule has 0 aliphatic heterocycles. The van der Waals surface area contributed by atoms with Crippen molar-refractivity contribution in [1.82, 2.24) is 0 Å². The fourth-order valence-corrected chi connectivity index (χ4v) is 5.86. The van der Waals surface area contributed by atoms with Gasteiger partial charge in [0, 0.05) is 24.3 Å². The molecule has 0 radical (unpaired) electrons. The molecule has 3 nitrogen and oxygen atoms in total. The van der Waals surface area contributed by atoms with Gasteiger partial charge in [0.1, 0.15) is 11.5 Å². The van der Waals surface area contributed by atoms with Gasteiger partial charge in [0.2, 0.25) is 0 Å². The van der Waals surface area contributed by atoms with Crippen molar-refractivity contribution in [2.75, 3.05) is 0 Å². The predicted octanol–water partition coefficient (Wildman–Crippen LogP) is 4.35. The van der Waals surface area contributed by atoms with E-state index in [9.17, 15) is 9.59 Å². The molecule has 0 heterocycles. The molecule has 0 amide bonds. The van der Waals surface area contributed by atoms with Crippen molar-refractivity contribution in [2.45, 2.75) is 65.2 Å². The predicted molar refractivity (Wildman–Crippen MR) is 92.1 cm³/mol. The molecule has 3 aliphatic rings. The first-order valence-corrected chi connectivity index (χ1v) is 9.26. The van der Waals surface area contributed by atoms with Gasteiger partial charge in [-0.15, -0.1) is 0 Å². The summed E-state index contributed by atoms with van der Waals surface area (Å²) in [6.07, 6.45) is 6.01. The summed E-state index contributed by atoms with van der Waals surface area (Å²) in [5.74, 6) is 2.47. The Morgan fingerprint density at radius 2 is 2.00 bits per heavy atom. The zero-order valence-electron chi connectivity index (χ0n) is 14.9. The number of carbonyl (C=O) groups excluding carboxylic acids is 2. The first-order chi connectivity index (χ1) is 11.4. The second-order valence-electron chi connectivity index (χ2n) is 8.20. The number of esters is 1. The molecule has 0 saturated heterocycles. The molecule has 0 unspecified atom stereocenters. The molecule has 2 saturated carbocycles. The van der Waals surface area contributed by atoms with Crippen LogP contribution in [0.15, 0.2) is 12.1 Å². The van der Waals surface area contributed by atoms with Gasteiger partial charge in [-0.05, 0) is 74.0 Å². The standard InChI is InChI=1S/C21H26O3/c1-12-4-8-18(24-13(2)22)20-14(12)5-6-15-16(20)10-11-21(3)17(15)7-9-19(21)23/h4,8,15-17H,5-7,9-11H2,1-3H3/t15-,16-,17+,21+/m0/s1. The number of benzene rings is 1. The fraction of sp³-hybridized carbons (Fsp3) is 0.619. The van der Waals surface area contributed by atoms with E-state index < -0.39 is 0 Å². The first-order valence-electron chi connectivity index (χ1n) is 9.26. The van der Waals surface area contributed by atoms with Crippen LogP contribution in [0.25, 0.3) is 0 Å². The summed E-state index contributed by atoms with van der Waals surface area (Å²) < 4.78 is 5.57. The van der Waals surface area contributed by atoms with Crippen LogP contribution in [0.1, 0.15) is 68.6 Å². The average Bonchev–Trinajstić information content (AvgIpc) is 2.85. The van der Waals surface area contributed by atoms with E-state index >= 15 is 0 Å². The van der Waals surface area contributed by atoms with Gasteiger partial charge >= 0.3 is 5.97 Å². The molecular formula is C21H26O3. The molecule has 24 heavy (non-hydrogen) atoms. The second kappa shape index (κ2) is 5.44. The zero-order valence-corrected chi connectivity index (χ0v) is 14.9. The van der Waals surface area contributed by atoms with E-state index in [4.69, 9.17) is 4.74 Å². The van der Waals surface area contributed by atoms with Crippen molar-refractivity contribution in [3.05, 3.63) is 28.8 Å². The summed E-state index contributed by atoms with van der Waals surface area (Å²) in [6, 6.07) is 4.04. The average molecular weight is 326 g/mol. The normalized spacial score (nSPS) is 34.3. The lowest BCUT2D eigenvalue weighted by molar-refractivity contribution is -0.132. The Balaban J connectivity index is 1.78. The highest BCUT2D eigenvalue weighted by Gasteiger charge is 2.55. The molecule has 0 N–H and O–H groups in total. The fourth-order valence-electron chi connectivity index (χ4n) is 5.86. The van der Waals surface area contributed by atoms with Crippen LogP contribution in [0.2, 0.25) is 0 Å². The minimum Gasteiger partial charge on any atom is -0.426 e. The molecule has 0 aromatic heterocycles. The molecule has 4 rings (SSSR count). The number of hydrogen-bond acceptors (Lipinski definition) is 3. The summed E-state index contributed by atoms with van der Waals surface area (Å²) in [7, 11) is 0. The van der Waals surface area contributed by atoms with Crippen molar-refractivity contribution >= 4 is 11.8 Å². The third-order valence-electron chi connectivity index (χ3n) is 7.05. The Bertz CT molecular complexity index is 720. The van der Waals surface area contributed by atoms with Crippen LogP contribution in [0, 0.1) is 24.2 Å². The Morgan fingerprint density at radius 1 is 1.21 bits per heavy atom. The van der Waals surface area contributed by atoms with Crippen LogP contribution < -0.4 is 4.74 Å². The number of rotatable bonds is 1. The van der Waals surface area contributed by atoms with E-state index in [1.807, 2.05) is 6.07 Å². The first kappa shape index (κ1) is 15.9. The van der Waals surface area contributed by atoms with E-state index in [0.29, 0.717) is 23.5 Å². The number of ketones is 1. The van der Waals surface area contributed by atoms with Crippen molar-refractivity contribution in [3.8, 4) is 5.75 Å². The van der Waals surface area contributed by atoms with Crippen LogP contribution >= 0.6 is 0 Å². The van der Waals surface area contributed by atoms with E-state index in [-0.39, 0.29) is 11.4 Å². The van der Waals surface area contributed by atoms with Crippen LogP contribution in [0.5, 0.6) is 5.75 Å². The number of ether oxygens (including phenoxy) is 1. The number of hydrogen-bond donors (Lipinski definition) is 0. The highest BCUT2D eigenvalue weighted by molar-refractivity contribution is 5.87. The largest absolute Gasteiger partial charge is 0.426 e. The smallest absolute Gasteiger partial charge is 0.308 e. The van der Waals surface area contributed by atoms with E-state index in [2.05, 4.69) is 19.9 Å². The molecule has 128 valence electrons. The van der Waals surface area contributed by atoms with Gasteiger partial charge in [-0.1, -0.05) is 13.0 Å². The molecule has 1 aromatic rings. The Morgan fingerprint density at radius 3 is 2.75 bits per heavy atom. The molecule has 2 fully saturated rings. The quantitative estimate of drug-likeness (QED) is 0.569. The summed E-state index contributed by atoms with van der Waals surface area (Å²) in [5.41, 5.74) is 3.84.